The molecule has 74 valence electrons. The van der Waals surface area contributed by atoms with Crippen LogP contribution in [0.2, 0.25) is 0 Å². The number of hydrogen-bond donors (Lipinski definition) is 0. The van der Waals surface area contributed by atoms with Gasteiger partial charge in [-0.3, -0.25) is 0 Å². The number of rotatable bonds is 0. The summed E-state index contributed by atoms with van der Waals surface area (Å²) >= 11 is 0. The second-order valence-corrected chi connectivity index (χ2v) is 0. The Labute approximate surface area is 153 Å². The molecule has 0 heterocycles. The molecule has 0 saturated carbocycles. The molecule has 0 radical (unpaired) electrons. The van der Waals surface area contributed by atoms with Crippen LogP contribution in [0.15, 0.2) is 0 Å². The van der Waals surface area contributed by atoms with Gasteiger partial charge >= 0.3 is 43.4 Å². The van der Waals surface area contributed by atoms with Crippen molar-refractivity contribution in [2.24, 2.45) is 0 Å². The fraction of sp³-hybridized carbons (Fsp3) is 0. The first-order valence-electron chi connectivity index (χ1n) is 0. The summed E-state index contributed by atoms with van der Waals surface area (Å²) in [5, 5.41) is 0. The average Bonchev–Trinajstić information content (AvgIpc) is 0. The monoisotopic (exact) mass is 680 g/mol. The second kappa shape index (κ2) is 146. The van der Waals surface area contributed by atoms with Crippen LogP contribution in [0.25, 0.3) is 0 Å². The molecule has 0 rings (SSSR count). The molecular formula is Cl9TaW. The van der Waals surface area contributed by atoms with Crippen LogP contribution in [0.3, 0.4) is 0 Å². The van der Waals surface area contributed by atoms with Gasteiger partial charge < -0.3 is 112 Å². The van der Waals surface area contributed by atoms with Crippen LogP contribution in [0.4, 0.5) is 0 Å². The van der Waals surface area contributed by atoms with E-state index >= 15 is 0 Å². The summed E-state index contributed by atoms with van der Waals surface area (Å²) in [4.78, 5) is 0. The van der Waals surface area contributed by atoms with Gasteiger partial charge in [-0.15, -0.1) is 0 Å². The predicted molar refractivity (Wildman–Crippen MR) is 0 cm³/mol. The third-order valence-corrected chi connectivity index (χ3v) is 0. The Morgan fingerprint density at radius 1 is 0.273 bits per heavy atom. The zero-order chi connectivity index (χ0) is 0. The Morgan fingerprint density at radius 3 is 0.273 bits per heavy atom. The van der Waals surface area contributed by atoms with E-state index in [1.54, 1.807) is 0 Å². The maximum atomic E-state index is 0. The molecule has 0 aromatic rings. The molecule has 11 heteroatoms. The van der Waals surface area contributed by atoms with Crippen LogP contribution in [-0.2, 0) is 43.4 Å². The van der Waals surface area contributed by atoms with Crippen LogP contribution in [0.1, 0.15) is 0 Å². The van der Waals surface area contributed by atoms with Gasteiger partial charge in [-0.2, -0.15) is 0 Å². The van der Waals surface area contributed by atoms with E-state index in [1.165, 1.54) is 0 Å². The Kier molecular flexibility index (Phi) is 2420. The normalized spacial score (nSPS) is 0. The van der Waals surface area contributed by atoms with E-state index in [1.807, 2.05) is 0 Å². The van der Waals surface area contributed by atoms with Gasteiger partial charge in [0.25, 0.3) is 0 Å². The van der Waals surface area contributed by atoms with E-state index in [0.717, 1.165) is 0 Å². The molecule has 0 aliphatic carbocycles. The third-order valence-electron chi connectivity index (χ3n) is 0. The first kappa shape index (κ1) is 182. The molecule has 0 aromatic carbocycles. The largest absolute Gasteiger partial charge is 5.00 e. The van der Waals surface area contributed by atoms with Crippen molar-refractivity contribution in [2.75, 3.05) is 0 Å². The first-order valence-corrected chi connectivity index (χ1v) is 0. The van der Waals surface area contributed by atoms with E-state index in [-0.39, 0.29) is 155 Å². The summed E-state index contributed by atoms with van der Waals surface area (Å²) in [5.74, 6) is 0. The first-order chi connectivity index (χ1) is 0. The standard InChI is InChI=1S/9ClH.Ta.W/h9*1H;;/q;;;;;;;;;+5;+4/p-9. The number of halogens is 9. The van der Waals surface area contributed by atoms with Gasteiger partial charge in [-0.05, 0) is 0 Å². The Bertz CT molecular complexity index is 9.52. The topological polar surface area (TPSA) is 0 Å². The summed E-state index contributed by atoms with van der Waals surface area (Å²) < 4.78 is 0. The zero-order valence-electron chi connectivity index (χ0n) is 4.26. The van der Waals surface area contributed by atoms with Crippen molar-refractivity contribution in [3.8, 4) is 0 Å². The van der Waals surface area contributed by atoms with Crippen molar-refractivity contribution in [3.63, 3.8) is 0 Å². The zero-order valence-corrected chi connectivity index (χ0v) is 17.2. The van der Waals surface area contributed by atoms with Crippen molar-refractivity contribution >= 4 is 0 Å². The molecule has 0 saturated heterocycles. The molecule has 0 unspecified atom stereocenters. The van der Waals surface area contributed by atoms with Crippen molar-refractivity contribution < 1.29 is 155 Å². The van der Waals surface area contributed by atoms with Crippen molar-refractivity contribution in [1.82, 2.24) is 0 Å². The Balaban J connectivity index is 0. The van der Waals surface area contributed by atoms with Gasteiger partial charge in [0.05, 0.1) is 0 Å². The van der Waals surface area contributed by atoms with Gasteiger partial charge in [0.1, 0.15) is 0 Å². The van der Waals surface area contributed by atoms with Crippen molar-refractivity contribution in [1.29, 1.82) is 0 Å². The van der Waals surface area contributed by atoms with Crippen LogP contribution in [-0.4, -0.2) is 0 Å². The quantitative estimate of drug-likeness (QED) is 0.238. The van der Waals surface area contributed by atoms with E-state index in [9.17, 15) is 0 Å². The van der Waals surface area contributed by atoms with E-state index < -0.39 is 0 Å². The predicted octanol–water partition coefficient (Wildman–Crippen LogP) is -27.0. The molecule has 0 bridgehead atoms. The second-order valence-electron chi connectivity index (χ2n) is 0. The molecule has 0 atom stereocenters. The summed E-state index contributed by atoms with van der Waals surface area (Å²) in [6.45, 7) is 0. The fourth-order valence-corrected chi connectivity index (χ4v) is 0. The Hall–Kier alpha value is 4.04. The third kappa shape index (κ3) is 125. The van der Waals surface area contributed by atoms with Crippen molar-refractivity contribution in [3.05, 3.63) is 0 Å². The minimum atomic E-state index is 0. The maximum absolute atomic E-state index is 0. The molecule has 11 heavy (non-hydrogen) atoms. The fourth-order valence-electron chi connectivity index (χ4n) is 0. The summed E-state index contributed by atoms with van der Waals surface area (Å²) in [6, 6.07) is 0. The Morgan fingerprint density at radius 2 is 0.273 bits per heavy atom. The number of hydrogen-bond acceptors (Lipinski definition) is 0. The minimum absolute atomic E-state index is 0. The SMILES string of the molecule is [Cl-].[Cl-].[Cl-].[Cl-].[Cl-].[Cl-].[Cl-].[Cl-].[Cl-].[Ta+5].[W+4]. The molecule has 0 aliphatic heterocycles. The molecule has 0 aromatic heterocycles. The van der Waals surface area contributed by atoms with E-state index in [4.69, 9.17) is 0 Å². The van der Waals surface area contributed by atoms with Gasteiger partial charge in [-0.1, -0.05) is 0 Å². The maximum Gasteiger partial charge on any atom is 5.00 e. The van der Waals surface area contributed by atoms with Gasteiger partial charge in [0.15, 0.2) is 0 Å². The van der Waals surface area contributed by atoms with Gasteiger partial charge in [0.2, 0.25) is 0 Å². The molecule has 0 amide bonds. The smallest absolute Gasteiger partial charge is 1.00 e. The molecular weight excluding hydrogens is 684 g/mol. The summed E-state index contributed by atoms with van der Waals surface area (Å²) in [7, 11) is 0. The van der Waals surface area contributed by atoms with Gasteiger partial charge in [-0.25, -0.2) is 0 Å². The van der Waals surface area contributed by atoms with Crippen LogP contribution in [0, 0.1) is 0 Å². The molecule has 0 spiro atoms. The summed E-state index contributed by atoms with van der Waals surface area (Å²) in [5.41, 5.74) is 0. The minimum Gasteiger partial charge on any atom is -1.00 e. The van der Waals surface area contributed by atoms with Crippen LogP contribution in [0.5, 0.6) is 0 Å². The molecule has 0 nitrogen and oxygen atoms in total. The van der Waals surface area contributed by atoms with Gasteiger partial charge in [0, 0.05) is 0 Å². The summed E-state index contributed by atoms with van der Waals surface area (Å²) in [6.07, 6.45) is 0. The van der Waals surface area contributed by atoms with Crippen LogP contribution < -0.4 is 112 Å². The molecule has 0 N–H and O–H groups in total. The average molecular weight is 684 g/mol. The van der Waals surface area contributed by atoms with Crippen LogP contribution >= 0.6 is 0 Å². The molecule has 0 aliphatic rings. The van der Waals surface area contributed by atoms with Crippen molar-refractivity contribution in [2.45, 2.75) is 0 Å². The molecule has 0 fully saturated rings. The van der Waals surface area contributed by atoms with E-state index in [0.29, 0.717) is 0 Å². The van der Waals surface area contributed by atoms with E-state index in [2.05, 4.69) is 0 Å².